The molecule has 2 amide bonds. The number of hydrogen-bond acceptors (Lipinski definition) is 3. The number of carbonyl (C=O) groups excluding carboxylic acids is 2. The van der Waals surface area contributed by atoms with E-state index in [4.69, 9.17) is 11.6 Å². The lowest BCUT2D eigenvalue weighted by Gasteiger charge is -2.45. The number of rotatable bonds is 4. The van der Waals surface area contributed by atoms with Crippen molar-refractivity contribution in [3.8, 4) is 0 Å². The maximum Gasteiger partial charge on any atom is 0.279 e. The van der Waals surface area contributed by atoms with Gasteiger partial charge >= 0.3 is 0 Å². The first-order valence-corrected chi connectivity index (χ1v) is 11.9. The Kier molecular flexibility index (Phi) is 5.08. The summed E-state index contributed by atoms with van der Waals surface area (Å²) in [6.07, 6.45) is 0. The predicted molar refractivity (Wildman–Crippen MR) is 137 cm³/mol. The summed E-state index contributed by atoms with van der Waals surface area (Å²) < 4.78 is 0. The largest absolute Gasteiger partial charge is 0.350 e. The Morgan fingerprint density at radius 3 is 2.26 bits per heavy atom. The van der Waals surface area contributed by atoms with E-state index < -0.39 is 5.66 Å². The summed E-state index contributed by atoms with van der Waals surface area (Å²) in [6.45, 7) is 0.578. The molecule has 0 saturated carbocycles. The van der Waals surface area contributed by atoms with Crippen LogP contribution in [0.1, 0.15) is 27.0 Å². The molecule has 1 spiro atoms. The van der Waals surface area contributed by atoms with E-state index in [0.717, 1.165) is 22.4 Å². The first-order valence-electron chi connectivity index (χ1n) is 11.5. The van der Waals surface area contributed by atoms with Gasteiger partial charge in [0.25, 0.3) is 11.8 Å². The fraction of sp³-hybridized carbons (Fsp3) is 0.103. The third-order valence-corrected chi connectivity index (χ3v) is 7.10. The Labute approximate surface area is 208 Å². The van der Waals surface area contributed by atoms with Crippen LogP contribution in [0.4, 0.5) is 11.4 Å². The summed E-state index contributed by atoms with van der Waals surface area (Å²) in [6, 6.07) is 32.3. The first kappa shape index (κ1) is 21.4. The van der Waals surface area contributed by atoms with E-state index >= 15 is 0 Å². The third kappa shape index (κ3) is 3.31. The maximum atomic E-state index is 14.4. The minimum atomic E-state index is -1.38. The first-order chi connectivity index (χ1) is 17.1. The minimum Gasteiger partial charge on any atom is -0.350 e. The zero-order chi connectivity index (χ0) is 24.0. The summed E-state index contributed by atoms with van der Waals surface area (Å²) in [7, 11) is 0. The molecule has 2 aliphatic heterocycles. The van der Waals surface area contributed by atoms with Crippen LogP contribution in [0.25, 0.3) is 0 Å². The fourth-order valence-electron chi connectivity index (χ4n) is 5.07. The Bertz CT molecular complexity index is 1460. The average Bonchev–Trinajstić information content (AvgIpc) is 3.12. The van der Waals surface area contributed by atoms with Crippen molar-refractivity contribution in [2.45, 2.75) is 18.8 Å². The van der Waals surface area contributed by atoms with Gasteiger partial charge in [-0.2, -0.15) is 0 Å². The number of amides is 2. The summed E-state index contributed by atoms with van der Waals surface area (Å²) >= 11 is 6.46. The molecule has 0 fully saturated rings. The molecule has 0 bridgehead atoms. The highest BCUT2D eigenvalue weighted by atomic mass is 35.5. The van der Waals surface area contributed by atoms with Crippen LogP contribution in [0.5, 0.6) is 0 Å². The fourth-order valence-corrected chi connectivity index (χ4v) is 5.26. The summed E-state index contributed by atoms with van der Waals surface area (Å²) in [5, 5.41) is 4.09. The molecule has 35 heavy (non-hydrogen) atoms. The van der Waals surface area contributed by atoms with E-state index in [0.29, 0.717) is 22.8 Å². The highest BCUT2D eigenvalue weighted by molar-refractivity contribution is 6.31. The normalized spacial score (nSPS) is 18.4. The Morgan fingerprint density at radius 1 is 0.743 bits per heavy atom. The second kappa shape index (κ2) is 8.29. The van der Waals surface area contributed by atoms with E-state index in [1.165, 1.54) is 0 Å². The Hall–Kier alpha value is -4.09. The van der Waals surface area contributed by atoms with Crippen LogP contribution in [0.3, 0.4) is 0 Å². The lowest BCUT2D eigenvalue weighted by molar-refractivity contribution is -0.127. The number of nitrogens with zero attached hydrogens (tertiary/aromatic N) is 2. The van der Waals surface area contributed by atoms with Crippen LogP contribution >= 0.6 is 11.6 Å². The molecule has 0 saturated heterocycles. The minimum absolute atomic E-state index is 0.189. The molecule has 172 valence electrons. The smallest absolute Gasteiger partial charge is 0.279 e. The molecular weight excluding hydrogens is 458 g/mol. The monoisotopic (exact) mass is 479 g/mol. The molecular formula is C29H22ClN3O2. The van der Waals surface area contributed by atoms with Crippen LogP contribution in [-0.2, 0) is 23.5 Å². The molecule has 6 heteroatoms. The summed E-state index contributed by atoms with van der Waals surface area (Å²) in [4.78, 5) is 31.8. The number of halogens is 1. The van der Waals surface area contributed by atoms with E-state index in [9.17, 15) is 9.59 Å². The molecule has 6 rings (SSSR count). The molecule has 1 atom stereocenters. The molecule has 0 aliphatic carbocycles. The van der Waals surface area contributed by atoms with Gasteiger partial charge in [0, 0.05) is 22.8 Å². The van der Waals surface area contributed by atoms with Crippen molar-refractivity contribution in [3.05, 3.63) is 130 Å². The topological polar surface area (TPSA) is 52.7 Å². The third-order valence-electron chi connectivity index (χ3n) is 6.73. The highest BCUT2D eigenvalue weighted by Crippen LogP contribution is 2.49. The van der Waals surface area contributed by atoms with Gasteiger partial charge in [0.15, 0.2) is 0 Å². The molecule has 1 N–H and O–H groups in total. The van der Waals surface area contributed by atoms with Gasteiger partial charge in [-0.15, -0.1) is 0 Å². The van der Waals surface area contributed by atoms with Gasteiger partial charge in [-0.05, 0) is 35.4 Å². The van der Waals surface area contributed by atoms with Crippen LogP contribution < -0.4 is 10.2 Å². The molecule has 0 radical (unpaired) electrons. The Morgan fingerprint density at radius 2 is 1.43 bits per heavy atom. The number of benzene rings is 4. The maximum absolute atomic E-state index is 14.4. The van der Waals surface area contributed by atoms with Crippen molar-refractivity contribution < 1.29 is 9.59 Å². The number of para-hydroxylation sites is 2. The Balaban J connectivity index is 1.53. The van der Waals surface area contributed by atoms with Crippen LogP contribution in [0.15, 0.2) is 103 Å². The SMILES string of the molecule is O=C1c2ccccc2NC2(C(=O)N(Cc3ccccc3Cl)c3ccccc32)N1Cc1ccccc1. The number of hydrogen-bond donors (Lipinski definition) is 1. The molecule has 5 nitrogen and oxygen atoms in total. The number of anilines is 2. The van der Waals surface area contributed by atoms with Crippen molar-refractivity contribution in [2.24, 2.45) is 0 Å². The van der Waals surface area contributed by atoms with Gasteiger partial charge in [-0.25, -0.2) is 0 Å². The number of nitrogens with one attached hydrogen (secondary N) is 1. The standard InChI is InChI=1S/C29H22ClN3O2/c30-24-15-7-4-12-21(24)19-32-26-17-9-6-14-23(26)29(28(32)35)31-25-16-8-5-13-22(25)27(34)33(29)18-20-10-2-1-3-11-20/h1-17,31H,18-19H2. The molecule has 0 aromatic heterocycles. The zero-order valence-corrected chi connectivity index (χ0v) is 19.6. The van der Waals surface area contributed by atoms with Crippen molar-refractivity contribution in [3.63, 3.8) is 0 Å². The van der Waals surface area contributed by atoms with Crippen molar-refractivity contribution in [1.82, 2.24) is 4.90 Å². The van der Waals surface area contributed by atoms with E-state index in [2.05, 4.69) is 5.32 Å². The van der Waals surface area contributed by atoms with Crippen molar-refractivity contribution in [2.75, 3.05) is 10.2 Å². The second-order valence-electron chi connectivity index (χ2n) is 8.76. The van der Waals surface area contributed by atoms with Crippen LogP contribution in [0.2, 0.25) is 5.02 Å². The zero-order valence-electron chi connectivity index (χ0n) is 18.8. The van der Waals surface area contributed by atoms with Gasteiger partial charge in [-0.1, -0.05) is 90.5 Å². The van der Waals surface area contributed by atoms with Crippen LogP contribution in [0, 0.1) is 0 Å². The van der Waals surface area contributed by atoms with Gasteiger partial charge < -0.3 is 10.2 Å². The quantitative estimate of drug-likeness (QED) is 0.402. The van der Waals surface area contributed by atoms with Gasteiger partial charge in [0.2, 0.25) is 5.66 Å². The highest BCUT2D eigenvalue weighted by Gasteiger charge is 2.59. The van der Waals surface area contributed by atoms with Crippen molar-refractivity contribution >= 4 is 34.8 Å². The van der Waals surface area contributed by atoms with Gasteiger partial charge in [-0.3, -0.25) is 14.5 Å². The molecule has 1 unspecified atom stereocenters. The van der Waals surface area contributed by atoms with E-state index in [1.807, 2.05) is 97.1 Å². The van der Waals surface area contributed by atoms with Crippen LogP contribution in [-0.4, -0.2) is 16.7 Å². The lowest BCUT2D eigenvalue weighted by atomic mass is 9.92. The van der Waals surface area contributed by atoms with Gasteiger partial charge in [0.05, 0.1) is 17.8 Å². The second-order valence-corrected chi connectivity index (χ2v) is 9.16. The van der Waals surface area contributed by atoms with E-state index in [-0.39, 0.29) is 18.4 Å². The average molecular weight is 480 g/mol. The van der Waals surface area contributed by atoms with E-state index in [1.54, 1.807) is 15.9 Å². The molecule has 4 aromatic carbocycles. The molecule has 2 aliphatic rings. The number of fused-ring (bicyclic) bond motifs is 3. The summed E-state index contributed by atoms with van der Waals surface area (Å²) in [5.74, 6) is -0.400. The number of carbonyl (C=O) groups is 2. The lowest BCUT2D eigenvalue weighted by Crippen LogP contribution is -2.62. The van der Waals surface area contributed by atoms with Crippen molar-refractivity contribution in [1.29, 1.82) is 0 Å². The molecule has 2 heterocycles. The van der Waals surface area contributed by atoms with Gasteiger partial charge in [0.1, 0.15) is 0 Å². The summed E-state index contributed by atoms with van der Waals surface area (Å²) in [5.41, 5.74) is 3.10. The molecule has 4 aromatic rings. The predicted octanol–water partition coefficient (Wildman–Crippen LogP) is 5.81.